The molecule has 0 spiro atoms. The van der Waals surface area contributed by atoms with Gasteiger partial charge in [-0.05, 0) is 23.6 Å². The summed E-state index contributed by atoms with van der Waals surface area (Å²) in [5.74, 6) is -0.711. The third-order valence-corrected chi connectivity index (χ3v) is 2.64. The van der Waals surface area contributed by atoms with E-state index in [9.17, 15) is 4.79 Å². The van der Waals surface area contributed by atoms with Crippen LogP contribution in [0.25, 0.3) is 10.9 Å². The molecule has 3 heteroatoms. The molecule has 0 radical (unpaired) electrons. The third kappa shape index (κ3) is 1.86. The second-order valence-electron chi connectivity index (χ2n) is 3.79. The fraction of sp³-hybridized carbons (Fsp3) is 0.250. The van der Waals surface area contributed by atoms with Crippen LogP contribution >= 0.6 is 0 Å². The van der Waals surface area contributed by atoms with Crippen molar-refractivity contribution < 1.29 is 9.90 Å². The molecule has 3 nitrogen and oxygen atoms in total. The monoisotopic (exact) mass is 203 g/mol. The van der Waals surface area contributed by atoms with Gasteiger partial charge in [0.1, 0.15) is 0 Å². The molecule has 0 aliphatic heterocycles. The van der Waals surface area contributed by atoms with Crippen LogP contribution in [0.4, 0.5) is 0 Å². The van der Waals surface area contributed by atoms with Gasteiger partial charge in [-0.2, -0.15) is 0 Å². The van der Waals surface area contributed by atoms with E-state index in [1.54, 1.807) is 0 Å². The maximum atomic E-state index is 10.6. The van der Waals surface area contributed by atoms with Gasteiger partial charge >= 0.3 is 5.97 Å². The highest BCUT2D eigenvalue weighted by atomic mass is 16.4. The Morgan fingerprint density at radius 2 is 2.27 bits per heavy atom. The van der Waals surface area contributed by atoms with Gasteiger partial charge in [0.25, 0.3) is 0 Å². The molecule has 0 saturated heterocycles. The number of aromatic nitrogens is 1. The van der Waals surface area contributed by atoms with Crippen LogP contribution in [0.2, 0.25) is 0 Å². The molecule has 1 unspecified atom stereocenters. The molecule has 2 aromatic rings. The number of hydrogen-bond acceptors (Lipinski definition) is 1. The molecule has 1 atom stereocenters. The van der Waals surface area contributed by atoms with Crippen LogP contribution in [0.3, 0.4) is 0 Å². The number of aliphatic carboxylic acids is 1. The summed E-state index contributed by atoms with van der Waals surface area (Å²) in [6.45, 7) is 1.94. The standard InChI is InChI=1S/C12H13NO2/c1-8(7-12(14)15)9-3-2-4-11-10(9)5-6-13-11/h2-6,8,13H,7H2,1H3,(H,14,15). The third-order valence-electron chi connectivity index (χ3n) is 2.64. The average Bonchev–Trinajstić information content (AvgIpc) is 2.63. The summed E-state index contributed by atoms with van der Waals surface area (Å²) in [4.78, 5) is 13.8. The molecule has 2 N–H and O–H groups in total. The van der Waals surface area contributed by atoms with E-state index in [-0.39, 0.29) is 12.3 Å². The fourth-order valence-electron chi connectivity index (χ4n) is 1.91. The minimum atomic E-state index is -0.755. The molecule has 0 bridgehead atoms. The first-order valence-electron chi connectivity index (χ1n) is 4.96. The van der Waals surface area contributed by atoms with Crippen LogP contribution in [0.5, 0.6) is 0 Å². The van der Waals surface area contributed by atoms with E-state index in [1.807, 2.05) is 37.4 Å². The normalized spacial score (nSPS) is 12.9. The molecule has 0 amide bonds. The van der Waals surface area contributed by atoms with Crippen molar-refractivity contribution in [2.24, 2.45) is 0 Å². The van der Waals surface area contributed by atoms with Crippen molar-refractivity contribution in [2.75, 3.05) is 0 Å². The summed E-state index contributed by atoms with van der Waals surface area (Å²) in [7, 11) is 0. The highest BCUT2D eigenvalue weighted by molar-refractivity contribution is 5.84. The van der Waals surface area contributed by atoms with E-state index in [0.29, 0.717) is 0 Å². The highest BCUT2D eigenvalue weighted by Gasteiger charge is 2.12. The van der Waals surface area contributed by atoms with Crippen molar-refractivity contribution in [3.8, 4) is 0 Å². The van der Waals surface area contributed by atoms with Crippen LogP contribution in [-0.2, 0) is 4.79 Å². The zero-order chi connectivity index (χ0) is 10.8. The minimum absolute atomic E-state index is 0.0435. The molecule has 15 heavy (non-hydrogen) atoms. The molecule has 1 heterocycles. The van der Waals surface area contributed by atoms with E-state index in [0.717, 1.165) is 16.5 Å². The van der Waals surface area contributed by atoms with Gasteiger partial charge in [-0.25, -0.2) is 0 Å². The van der Waals surface area contributed by atoms with E-state index < -0.39 is 5.97 Å². The van der Waals surface area contributed by atoms with Crippen molar-refractivity contribution in [3.63, 3.8) is 0 Å². The Morgan fingerprint density at radius 1 is 1.47 bits per heavy atom. The predicted molar refractivity (Wildman–Crippen MR) is 59.0 cm³/mol. The van der Waals surface area contributed by atoms with E-state index in [1.165, 1.54) is 0 Å². The second kappa shape index (κ2) is 3.77. The lowest BCUT2D eigenvalue weighted by Gasteiger charge is -2.10. The maximum absolute atomic E-state index is 10.6. The van der Waals surface area contributed by atoms with Gasteiger partial charge in [-0.15, -0.1) is 0 Å². The van der Waals surface area contributed by atoms with Gasteiger partial charge in [0.15, 0.2) is 0 Å². The first-order valence-corrected chi connectivity index (χ1v) is 4.96. The molecule has 0 aliphatic carbocycles. The van der Waals surface area contributed by atoms with Crippen molar-refractivity contribution in [1.82, 2.24) is 4.98 Å². The zero-order valence-electron chi connectivity index (χ0n) is 8.53. The van der Waals surface area contributed by atoms with Gasteiger partial charge in [-0.1, -0.05) is 19.1 Å². The average molecular weight is 203 g/mol. The molecule has 1 aromatic heterocycles. The Hall–Kier alpha value is -1.77. The Labute approximate surface area is 87.7 Å². The molecule has 2 rings (SSSR count). The summed E-state index contributed by atoms with van der Waals surface area (Å²) in [5.41, 5.74) is 2.15. The largest absolute Gasteiger partial charge is 0.481 e. The minimum Gasteiger partial charge on any atom is -0.481 e. The fourth-order valence-corrected chi connectivity index (χ4v) is 1.91. The molecule has 1 aromatic carbocycles. The molecular weight excluding hydrogens is 190 g/mol. The van der Waals surface area contributed by atoms with Gasteiger partial charge in [0, 0.05) is 17.1 Å². The van der Waals surface area contributed by atoms with E-state index in [2.05, 4.69) is 4.98 Å². The lowest BCUT2D eigenvalue weighted by atomic mass is 9.95. The van der Waals surface area contributed by atoms with Gasteiger partial charge in [0.05, 0.1) is 6.42 Å². The lowest BCUT2D eigenvalue weighted by Crippen LogP contribution is -2.02. The summed E-state index contributed by atoms with van der Waals surface area (Å²) in [6, 6.07) is 7.92. The van der Waals surface area contributed by atoms with Gasteiger partial charge in [-0.3, -0.25) is 4.79 Å². The molecule has 78 valence electrons. The number of carbonyl (C=O) groups is 1. The summed E-state index contributed by atoms with van der Waals surface area (Å²) >= 11 is 0. The Morgan fingerprint density at radius 3 is 3.00 bits per heavy atom. The van der Waals surface area contributed by atoms with Crippen molar-refractivity contribution in [2.45, 2.75) is 19.3 Å². The summed E-state index contributed by atoms with van der Waals surface area (Å²) in [5, 5.41) is 9.88. The van der Waals surface area contributed by atoms with Crippen LogP contribution in [0.15, 0.2) is 30.5 Å². The predicted octanol–water partition coefficient (Wildman–Crippen LogP) is 2.75. The first-order chi connectivity index (χ1) is 7.18. The van der Waals surface area contributed by atoms with Gasteiger partial charge in [0.2, 0.25) is 0 Å². The SMILES string of the molecule is CC(CC(=O)O)c1cccc2[nH]ccc12. The number of rotatable bonds is 3. The molecule has 0 aliphatic rings. The second-order valence-corrected chi connectivity index (χ2v) is 3.79. The topological polar surface area (TPSA) is 53.1 Å². The summed E-state index contributed by atoms with van der Waals surface area (Å²) in [6.07, 6.45) is 2.05. The summed E-state index contributed by atoms with van der Waals surface area (Å²) < 4.78 is 0. The smallest absolute Gasteiger partial charge is 0.303 e. The van der Waals surface area contributed by atoms with Crippen molar-refractivity contribution in [3.05, 3.63) is 36.0 Å². The molecule has 0 saturated carbocycles. The van der Waals surface area contributed by atoms with E-state index in [4.69, 9.17) is 5.11 Å². The number of carboxylic acid groups (broad SMARTS) is 1. The number of H-pyrrole nitrogens is 1. The lowest BCUT2D eigenvalue weighted by molar-refractivity contribution is -0.137. The number of fused-ring (bicyclic) bond motifs is 1. The Balaban J connectivity index is 2.42. The van der Waals surface area contributed by atoms with Crippen molar-refractivity contribution in [1.29, 1.82) is 0 Å². The number of hydrogen-bond donors (Lipinski definition) is 2. The molecule has 0 fully saturated rings. The van der Waals surface area contributed by atoms with Crippen LogP contribution in [-0.4, -0.2) is 16.1 Å². The number of carboxylic acids is 1. The Bertz CT molecular complexity index is 487. The first kappa shape index (κ1) is 9.77. The van der Waals surface area contributed by atoms with Crippen molar-refractivity contribution >= 4 is 16.9 Å². The maximum Gasteiger partial charge on any atom is 0.303 e. The molecular formula is C12H13NO2. The van der Waals surface area contributed by atoms with Gasteiger partial charge < -0.3 is 10.1 Å². The quantitative estimate of drug-likeness (QED) is 0.805. The zero-order valence-corrected chi connectivity index (χ0v) is 8.53. The highest BCUT2D eigenvalue weighted by Crippen LogP contribution is 2.26. The van der Waals surface area contributed by atoms with Crippen LogP contribution < -0.4 is 0 Å². The van der Waals surface area contributed by atoms with Crippen LogP contribution in [0, 0.1) is 0 Å². The number of aromatic amines is 1. The Kier molecular flexibility index (Phi) is 2.46. The number of nitrogens with one attached hydrogen (secondary N) is 1. The number of benzene rings is 1. The van der Waals surface area contributed by atoms with E-state index >= 15 is 0 Å². The van der Waals surface area contributed by atoms with Crippen LogP contribution in [0.1, 0.15) is 24.8 Å².